The quantitative estimate of drug-likeness (QED) is 0.667. The molecule has 0 radical (unpaired) electrons. The van der Waals surface area contributed by atoms with Gasteiger partial charge in [-0.1, -0.05) is 37.3 Å². The molecule has 0 aliphatic rings. The van der Waals surface area contributed by atoms with E-state index in [0.717, 1.165) is 23.4 Å². The first-order valence-corrected chi connectivity index (χ1v) is 7.18. The van der Waals surface area contributed by atoms with Crippen LogP contribution in [0.1, 0.15) is 25.0 Å². The van der Waals surface area contributed by atoms with Crippen LogP contribution >= 0.6 is 0 Å². The number of methoxy groups -OCH3 is 1. The fraction of sp³-hybridized carbons (Fsp3) is 0.278. The first-order valence-electron chi connectivity index (χ1n) is 7.18. The minimum Gasteiger partial charge on any atom is -0.496 e. The molecule has 110 valence electrons. The molecule has 3 heteroatoms. The third-order valence-corrected chi connectivity index (χ3v) is 3.58. The fourth-order valence-corrected chi connectivity index (χ4v) is 2.37. The Balaban J connectivity index is 2.32. The molecule has 0 atom stereocenters. The van der Waals surface area contributed by atoms with Gasteiger partial charge in [0.1, 0.15) is 5.75 Å². The zero-order valence-corrected chi connectivity index (χ0v) is 13.1. The minimum absolute atomic E-state index is 0.954. The van der Waals surface area contributed by atoms with Gasteiger partial charge in [-0.05, 0) is 47.7 Å². The number of aryl methyl sites for hydroxylation is 1. The molecule has 0 aliphatic heterocycles. The third-order valence-electron chi connectivity index (χ3n) is 3.58. The second-order valence-electron chi connectivity index (χ2n) is 4.88. The summed E-state index contributed by atoms with van der Waals surface area (Å²) < 4.78 is 5.38. The van der Waals surface area contributed by atoms with Crippen LogP contribution in [0.2, 0.25) is 0 Å². The third kappa shape index (κ3) is 3.43. The summed E-state index contributed by atoms with van der Waals surface area (Å²) in [5, 5.41) is 4.20. The molecule has 1 N–H and O–H groups in total. The largest absolute Gasteiger partial charge is 0.496 e. The first kappa shape index (κ1) is 15.1. The zero-order chi connectivity index (χ0) is 15.2. The average molecular weight is 282 g/mol. The van der Waals surface area contributed by atoms with Gasteiger partial charge in [0.15, 0.2) is 0 Å². The molecule has 0 bridgehead atoms. The lowest BCUT2D eigenvalue weighted by molar-refractivity contribution is 0.410. The van der Waals surface area contributed by atoms with Crippen LogP contribution in [0.3, 0.4) is 0 Å². The summed E-state index contributed by atoms with van der Waals surface area (Å²) in [6.07, 6.45) is 0.961. The second-order valence-corrected chi connectivity index (χ2v) is 4.88. The van der Waals surface area contributed by atoms with Gasteiger partial charge in [-0.3, -0.25) is 0 Å². The van der Waals surface area contributed by atoms with Gasteiger partial charge in [-0.25, -0.2) is 0 Å². The van der Waals surface area contributed by atoms with Crippen LogP contribution in [-0.4, -0.2) is 19.9 Å². The maximum absolute atomic E-state index is 5.38. The summed E-state index contributed by atoms with van der Waals surface area (Å²) in [6.45, 7) is 4.14. The van der Waals surface area contributed by atoms with Crippen molar-refractivity contribution in [3.8, 4) is 16.9 Å². The summed E-state index contributed by atoms with van der Waals surface area (Å²) in [5.74, 6) is 0.954. The summed E-state index contributed by atoms with van der Waals surface area (Å²) in [6, 6.07) is 14.8. The number of hydrazone groups is 1. The van der Waals surface area contributed by atoms with E-state index in [2.05, 4.69) is 53.8 Å². The molecule has 2 aromatic carbocycles. The number of hydrogen-bond donors (Lipinski definition) is 1. The minimum atomic E-state index is 0.954. The van der Waals surface area contributed by atoms with Gasteiger partial charge in [-0.15, -0.1) is 0 Å². The molecule has 0 spiro atoms. The summed E-state index contributed by atoms with van der Waals surface area (Å²) in [5.41, 5.74) is 8.56. The number of hydrogen-bond acceptors (Lipinski definition) is 3. The maximum atomic E-state index is 5.38. The van der Waals surface area contributed by atoms with E-state index < -0.39 is 0 Å². The van der Waals surface area contributed by atoms with Crippen molar-refractivity contribution in [2.45, 2.75) is 20.3 Å². The molecule has 0 unspecified atom stereocenters. The van der Waals surface area contributed by atoms with Crippen molar-refractivity contribution in [2.75, 3.05) is 14.2 Å². The number of benzene rings is 2. The van der Waals surface area contributed by atoms with E-state index in [9.17, 15) is 0 Å². The van der Waals surface area contributed by atoms with Gasteiger partial charge in [0, 0.05) is 7.05 Å². The van der Waals surface area contributed by atoms with Gasteiger partial charge < -0.3 is 10.2 Å². The van der Waals surface area contributed by atoms with Crippen molar-refractivity contribution in [3.63, 3.8) is 0 Å². The van der Waals surface area contributed by atoms with Crippen LogP contribution in [0.4, 0.5) is 0 Å². The number of nitrogens with one attached hydrogen (secondary N) is 1. The molecule has 0 aromatic heterocycles. The van der Waals surface area contributed by atoms with Gasteiger partial charge >= 0.3 is 0 Å². The van der Waals surface area contributed by atoms with Gasteiger partial charge in [0.05, 0.1) is 12.8 Å². The lowest BCUT2D eigenvalue weighted by Crippen LogP contribution is -2.02. The van der Waals surface area contributed by atoms with Crippen molar-refractivity contribution in [1.82, 2.24) is 5.43 Å². The highest BCUT2D eigenvalue weighted by Crippen LogP contribution is 2.27. The fourth-order valence-electron chi connectivity index (χ4n) is 2.37. The number of ether oxygens (including phenoxy) is 1. The molecule has 0 fully saturated rings. The Labute approximate surface area is 126 Å². The van der Waals surface area contributed by atoms with E-state index in [1.54, 1.807) is 7.11 Å². The Kier molecular flexibility index (Phi) is 4.99. The zero-order valence-electron chi connectivity index (χ0n) is 13.1. The van der Waals surface area contributed by atoms with Crippen molar-refractivity contribution >= 4 is 5.71 Å². The predicted molar refractivity (Wildman–Crippen MR) is 89.1 cm³/mol. The Morgan fingerprint density at radius 2 is 1.76 bits per heavy atom. The number of rotatable bonds is 5. The SMILES string of the molecule is CCc1cc(-c2ccc(/C(C)=N/NC)cc2)ccc1OC. The molecule has 2 aromatic rings. The molecular formula is C18H22N2O. The summed E-state index contributed by atoms with van der Waals surface area (Å²) in [4.78, 5) is 0. The van der Waals surface area contributed by atoms with E-state index in [-0.39, 0.29) is 0 Å². The van der Waals surface area contributed by atoms with Gasteiger partial charge in [-0.2, -0.15) is 5.10 Å². The molecule has 0 saturated carbocycles. The van der Waals surface area contributed by atoms with Crippen LogP contribution in [0, 0.1) is 0 Å². The molecule has 0 aliphatic carbocycles. The average Bonchev–Trinajstić information content (AvgIpc) is 2.54. The standard InChI is InChI=1S/C18H22N2O/c1-5-14-12-17(10-11-18(14)21-4)16-8-6-15(7-9-16)13(2)20-19-3/h6-12,19H,5H2,1-4H3/b20-13+. The van der Waals surface area contributed by atoms with Crippen molar-refractivity contribution in [1.29, 1.82) is 0 Å². The van der Waals surface area contributed by atoms with Gasteiger partial charge in [0.2, 0.25) is 0 Å². The van der Waals surface area contributed by atoms with Crippen LogP contribution in [0.5, 0.6) is 5.75 Å². The molecule has 0 saturated heterocycles. The predicted octanol–water partition coefficient (Wildman–Crippen LogP) is 3.87. The second kappa shape index (κ2) is 6.93. The Morgan fingerprint density at radius 3 is 2.33 bits per heavy atom. The summed E-state index contributed by atoms with van der Waals surface area (Å²) in [7, 11) is 3.52. The lowest BCUT2D eigenvalue weighted by atomic mass is 9.99. The van der Waals surface area contributed by atoms with E-state index in [1.165, 1.54) is 16.7 Å². The topological polar surface area (TPSA) is 33.6 Å². The smallest absolute Gasteiger partial charge is 0.122 e. The maximum Gasteiger partial charge on any atom is 0.122 e. The highest BCUT2D eigenvalue weighted by molar-refractivity contribution is 5.98. The first-order chi connectivity index (χ1) is 10.2. The highest BCUT2D eigenvalue weighted by atomic mass is 16.5. The van der Waals surface area contributed by atoms with Crippen LogP contribution in [-0.2, 0) is 6.42 Å². The Morgan fingerprint density at radius 1 is 1.10 bits per heavy atom. The van der Waals surface area contributed by atoms with E-state index in [4.69, 9.17) is 4.74 Å². The summed E-state index contributed by atoms with van der Waals surface area (Å²) >= 11 is 0. The van der Waals surface area contributed by atoms with Crippen molar-refractivity contribution < 1.29 is 4.74 Å². The molecule has 2 rings (SSSR count). The lowest BCUT2D eigenvalue weighted by Gasteiger charge is -2.10. The van der Waals surface area contributed by atoms with Gasteiger partial charge in [0.25, 0.3) is 0 Å². The monoisotopic (exact) mass is 282 g/mol. The van der Waals surface area contributed by atoms with Crippen molar-refractivity contribution in [2.24, 2.45) is 5.10 Å². The van der Waals surface area contributed by atoms with Crippen LogP contribution < -0.4 is 10.2 Å². The Hall–Kier alpha value is -2.29. The molecule has 0 heterocycles. The van der Waals surface area contributed by atoms with Crippen LogP contribution in [0.25, 0.3) is 11.1 Å². The van der Waals surface area contributed by atoms with Crippen LogP contribution in [0.15, 0.2) is 47.6 Å². The highest BCUT2D eigenvalue weighted by Gasteiger charge is 2.05. The molecular weight excluding hydrogens is 260 g/mol. The Bertz CT molecular complexity index is 630. The molecule has 21 heavy (non-hydrogen) atoms. The number of nitrogens with zero attached hydrogens (tertiary/aromatic N) is 1. The van der Waals surface area contributed by atoms with E-state index >= 15 is 0 Å². The normalized spacial score (nSPS) is 11.3. The van der Waals surface area contributed by atoms with E-state index in [0.29, 0.717) is 0 Å². The van der Waals surface area contributed by atoms with Crippen molar-refractivity contribution in [3.05, 3.63) is 53.6 Å². The molecule has 3 nitrogen and oxygen atoms in total. The molecule has 0 amide bonds. The van der Waals surface area contributed by atoms with E-state index in [1.807, 2.05) is 20.0 Å².